The molecule has 0 aliphatic carbocycles. The van der Waals surface area contributed by atoms with Crippen LogP contribution >= 0.6 is 11.3 Å². The number of carbonyl (C=O) groups is 1. The molecule has 8 heteroatoms. The van der Waals surface area contributed by atoms with Gasteiger partial charge < -0.3 is 5.32 Å². The number of hydrogen-bond acceptors (Lipinski definition) is 5. The molecular formula is C24H16FN5OS. The Hall–Kier alpha value is -4.17. The third kappa shape index (κ3) is 4.17. The topological polar surface area (TPSA) is 72.2 Å². The maximum Gasteiger partial charge on any atom is 0.248 e. The number of halogens is 1. The van der Waals surface area contributed by atoms with E-state index in [1.54, 1.807) is 34.1 Å². The predicted octanol–water partition coefficient (Wildman–Crippen LogP) is 5.31. The van der Waals surface area contributed by atoms with E-state index in [9.17, 15) is 9.18 Å². The van der Waals surface area contributed by atoms with Crippen molar-refractivity contribution in [3.05, 3.63) is 95.6 Å². The van der Waals surface area contributed by atoms with Crippen LogP contribution in [0.2, 0.25) is 0 Å². The SMILES string of the molecule is O=C(/C=C/c1ccc(F)cc1)Nc1cccc(-c2ccc3nnc(-c4cccs4)n3n2)c1. The number of benzene rings is 2. The molecule has 0 saturated heterocycles. The summed E-state index contributed by atoms with van der Waals surface area (Å²) in [6, 6.07) is 21.0. The monoisotopic (exact) mass is 441 g/mol. The molecule has 0 unspecified atom stereocenters. The summed E-state index contributed by atoms with van der Waals surface area (Å²) in [5.74, 6) is 0.0881. The summed E-state index contributed by atoms with van der Waals surface area (Å²) in [6.45, 7) is 0. The van der Waals surface area contributed by atoms with Crippen LogP contribution in [0, 0.1) is 5.82 Å². The maximum absolute atomic E-state index is 13.0. The van der Waals surface area contributed by atoms with Gasteiger partial charge in [0.1, 0.15) is 5.82 Å². The molecule has 0 aliphatic rings. The van der Waals surface area contributed by atoms with Crippen molar-refractivity contribution in [2.45, 2.75) is 0 Å². The van der Waals surface area contributed by atoms with E-state index >= 15 is 0 Å². The number of nitrogens with one attached hydrogen (secondary N) is 1. The molecule has 1 amide bonds. The van der Waals surface area contributed by atoms with E-state index in [1.807, 2.05) is 53.9 Å². The fourth-order valence-electron chi connectivity index (χ4n) is 3.19. The van der Waals surface area contributed by atoms with Crippen LogP contribution in [0.15, 0.2) is 84.3 Å². The smallest absolute Gasteiger partial charge is 0.248 e. The van der Waals surface area contributed by atoms with Crippen molar-refractivity contribution >= 4 is 34.7 Å². The number of amides is 1. The molecule has 3 aromatic heterocycles. The molecule has 156 valence electrons. The molecular weight excluding hydrogens is 425 g/mol. The maximum atomic E-state index is 13.0. The molecule has 0 radical (unpaired) electrons. The summed E-state index contributed by atoms with van der Waals surface area (Å²) >= 11 is 1.57. The minimum absolute atomic E-state index is 0.284. The molecule has 1 N–H and O–H groups in total. The Kier molecular flexibility index (Phi) is 5.27. The van der Waals surface area contributed by atoms with Gasteiger partial charge in [0.2, 0.25) is 5.91 Å². The van der Waals surface area contributed by atoms with Crippen molar-refractivity contribution < 1.29 is 9.18 Å². The fourth-order valence-corrected chi connectivity index (χ4v) is 3.88. The van der Waals surface area contributed by atoms with Crippen molar-refractivity contribution in [1.82, 2.24) is 19.8 Å². The third-order valence-electron chi connectivity index (χ3n) is 4.73. The highest BCUT2D eigenvalue weighted by molar-refractivity contribution is 7.13. The first-order chi connectivity index (χ1) is 15.7. The van der Waals surface area contributed by atoms with E-state index in [2.05, 4.69) is 15.5 Å². The van der Waals surface area contributed by atoms with E-state index in [1.165, 1.54) is 18.2 Å². The zero-order chi connectivity index (χ0) is 21.9. The standard InChI is InChI=1S/C24H16FN5OS/c25-18-9-6-16(7-10-18)8-13-23(31)26-19-4-1-3-17(15-19)20-11-12-22-27-28-24(30(22)29-20)21-5-2-14-32-21/h1-15H,(H,26,31)/b13-8+. The Morgan fingerprint density at radius 3 is 2.69 bits per heavy atom. The Labute approximate surface area is 186 Å². The molecule has 2 aromatic carbocycles. The molecule has 0 atom stereocenters. The van der Waals surface area contributed by atoms with Crippen LogP contribution in [0.25, 0.3) is 33.7 Å². The first kappa shape index (κ1) is 19.8. The predicted molar refractivity (Wildman–Crippen MR) is 124 cm³/mol. The van der Waals surface area contributed by atoms with E-state index in [-0.39, 0.29) is 11.7 Å². The number of rotatable bonds is 5. The highest BCUT2D eigenvalue weighted by atomic mass is 32.1. The lowest BCUT2D eigenvalue weighted by molar-refractivity contribution is -0.111. The molecule has 5 rings (SSSR count). The van der Waals surface area contributed by atoms with Crippen molar-refractivity contribution in [2.24, 2.45) is 0 Å². The number of fused-ring (bicyclic) bond motifs is 1. The summed E-state index contributed by atoms with van der Waals surface area (Å²) in [7, 11) is 0. The lowest BCUT2D eigenvalue weighted by Crippen LogP contribution is -2.07. The minimum Gasteiger partial charge on any atom is -0.322 e. The zero-order valence-electron chi connectivity index (χ0n) is 16.6. The quantitative estimate of drug-likeness (QED) is 0.375. The van der Waals surface area contributed by atoms with E-state index < -0.39 is 0 Å². The fraction of sp³-hybridized carbons (Fsp3) is 0. The summed E-state index contributed by atoms with van der Waals surface area (Å²) in [4.78, 5) is 13.3. The molecule has 0 aliphatic heterocycles. The lowest BCUT2D eigenvalue weighted by atomic mass is 10.1. The van der Waals surface area contributed by atoms with Gasteiger partial charge in [0, 0.05) is 17.3 Å². The summed E-state index contributed by atoms with van der Waals surface area (Å²) in [6.07, 6.45) is 3.04. The normalized spacial score (nSPS) is 11.3. The largest absolute Gasteiger partial charge is 0.322 e. The average Bonchev–Trinajstić information content (AvgIpc) is 3.48. The van der Waals surface area contributed by atoms with Gasteiger partial charge in [-0.1, -0.05) is 30.3 Å². The van der Waals surface area contributed by atoms with Gasteiger partial charge in [0.15, 0.2) is 11.5 Å². The van der Waals surface area contributed by atoms with E-state index in [0.717, 1.165) is 21.7 Å². The van der Waals surface area contributed by atoms with Gasteiger partial charge in [-0.2, -0.15) is 9.61 Å². The molecule has 0 fully saturated rings. The third-order valence-corrected chi connectivity index (χ3v) is 5.59. The van der Waals surface area contributed by atoms with Crippen molar-refractivity contribution in [3.63, 3.8) is 0 Å². The molecule has 3 heterocycles. The van der Waals surface area contributed by atoms with E-state index in [4.69, 9.17) is 5.10 Å². The first-order valence-corrected chi connectivity index (χ1v) is 10.7. The number of hydrogen-bond donors (Lipinski definition) is 1. The highest BCUT2D eigenvalue weighted by Crippen LogP contribution is 2.25. The highest BCUT2D eigenvalue weighted by Gasteiger charge is 2.12. The Morgan fingerprint density at radius 2 is 1.88 bits per heavy atom. The van der Waals surface area contributed by atoms with Crippen molar-refractivity contribution in [2.75, 3.05) is 5.32 Å². The van der Waals surface area contributed by atoms with Crippen LogP contribution in [0.1, 0.15) is 5.56 Å². The average molecular weight is 441 g/mol. The number of anilines is 1. The van der Waals surface area contributed by atoms with Gasteiger partial charge in [-0.15, -0.1) is 21.5 Å². The van der Waals surface area contributed by atoms with Crippen LogP contribution < -0.4 is 5.32 Å². The van der Waals surface area contributed by atoms with Gasteiger partial charge in [-0.05, 0) is 59.5 Å². The number of thiophene rings is 1. The van der Waals surface area contributed by atoms with Gasteiger partial charge in [0.25, 0.3) is 0 Å². The lowest BCUT2D eigenvalue weighted by Gasteiger charge is -2.06. The molecule has 0 saturated carbocycles. The summed E-state index contributed by atoms with van der Waals surface area (Å²) < 4.78 is 14.7. The van der Waals surface area contributed by atoms with Crippen molar-refractivity contribution in [1.29, 1.82) is 0 Å². The number of aromatic nitrogens is 4. The van der Waals surface area contributed by atoms with Crippen LogP contribution in [-0.4, -0.2) is 25.7 Å². The second-order valence-corrected chi connectivity index (χ2v) is 7.89. The molecule has 6 nitrogen and oxygen atoms in total. The molecule has 0 spiro atoms. The molecule has 5 aromatic rings. The Morgan fingerprint density at radius 1 is 1.00 bits per heavy atom. The van der Waals surface area contributed by atoms with Crippen molar-refractivity contribution in [3.8, 4) is 22.0 Å². The van der Waals surface area contributed by atoms with E-state index in [0.29, 0.717) is 17.2 Å². The van der Waals surface area contributed by atoms with Gasteiger partial charge in [0.05, 0.1) is 10.6 Å². The summed E-state index contributed by atoms with van der Waals surface area (Å²) in [5, 5.41) is 18.0. The van der Waals surface area contributed by atoms with Gasteiger partial charge in [-0.3, -0.25) is 4.79 Å². The second-order valence-electron chi connectivity index (χ2n) is 6.94. The van der Waals surface area contributed by atoms with Crippen LogP contribution in [0.5, 0.6) is 0 Å². The first-order valence-electron chi connectivity index (χ1n) is 9.77. The Bertz CT molecular complexity index is 1420. The number of carbonyl (C=O) groups excluding carboxylic acids is 1. The van der Waals surface area contributed by atoms with Gasteiger partial charge in [-0.25, -0.2) is 4.39 Å². The second kappa shape index (κ2) is 8.52. The van der Waals surface area contributed by atoms with Crippen LogP contribution in [0.3, 0.4) is 0 Å². The number of nitrogens with zero attached hydrogens (tertiary/aromatic N) is 4. The minimum atomic E-state index is -0.316. The van der Waals surface area contributed by atoms with Crippen LogP contribution in [-0.2, 0) is 4.79 Å². The summed E-state index contributed by atoms with van der Waals surface area (Å²) in [5.41, 5.74) is 3.61. The molecule has 32 heavy (non-hydrogen) atoms. The van der Waals surface area contributed by atoms with Gasteiger partial charge >= 0.3 is 0 Å². The van der Waals surface area contributed by atoms with Crippen LogP contribution in [0.4, 0.5) is 10.1 Å². The Balaban J connectivity index is 1.38. The molecule has 0 bridgehead atoms. The zero-order valence-corrected chi connectivity index (χ0v) is 17.5.